The van der Waals surface area contributed by atoms with Gasteiger partial charge in [0.25, 0.3) is 0 Å². The topological polar surface area (TPSA) is 55.1 Å². The molecule has 0 aliphatic heterocycles. The van der Waals surface area contributed by atoms with Gasteiger partial charge in [-0.15, -0.1) is 11.3 Å². The molecule has 3 nitrogen and oxygen atoms in total. The molecule has 0 aromatic carbocycles. The minimum Gasteiger partial charge on any atom is -0.392 e. The van der Waals surface area contributed by atoms with Crippen LogP contribution in [0.2, 0.25) is 0 Å². The summed E-state index contributed by atoms with van der Waals surface area (Å²) in [7, 11) is 0. The lowest BCUT2D eigenvalue weighted by molar-refractivity contribution is -0.130. The summed E-state index contributed by atoms with van der Waals surface area (Å²) < 4.78 is 0. The summed E-state index contributed by atoms with van der Waals surface area (Å²) in [6.07, 6.45) is 3.61. The number of carbonyl (C=O) groups is 1. The third-order valence-electron chi connectivity index (χ3n) is 3.74. The Balaban J connectivity index is 1.98. The van der Waals surface area contributed by atoms with Gasteiger partial charge >= 0.3 is 0 Å². The maximum atomic E-state index is 12.2. The molecule has 5 heteroatoms. The molecule has 1 amide bonds. The first-order chi connectivity index (χ1) is 8.60. The van der Waals surface area contributed by atoms with Crippen molar-refractivity contribution in [1.82, 2.24) is 5.32 Å². The van der Waals surface area contributed by atoms with Gasteiger partial charge in [0.15, 0.2) is 0 Å². The second-order valence-corrected chi connectivity index (χ2v) is 6.15. The predicted molar refractivity (Wildman–Crippen MR) is 78.6 cm³/mol. The van der Waals surface area contributed by atoms with E-state index in [2.05, 4.69) is 23.7 Å². The molecule has 1 aromatic rings. The van der Waals surface area contributed by atoms with Crippen molar-refractivity contribution in [3.63, 3.8) is 0 Å². The lowest BCUT2D eigenvalue weighted by atomic mass is 9.68. The van der Waals surface area contributed by atoms with Gasteiger partial charge in [0.05, 0.1) is 16.9 Å². The monoisotopic (exact) mass is 282 g/mol. The molecule has 0 spiro atoms. The van der Waals surface area contributed by atoms with Gasteiger partial charge in [0.2, 0.25) is 5.91 Å². The molecule has 1 saturated carbocycles. The van der Waals surface area contributed by atoms with E-state index in [1.165, 1.54) is 10.4 Å². The molecule has 3 N–H and O–H groups in total. The van der Waals surface area contributed by atoms with E-state index < -0.39 is 5.41 Å². The van der Waals surface area contributed by atoms with Gasteiger partial charge < -0.3 is 11.1 Å². The fourth-order valence-electron chi connectivity index (χ4n) is 2.28. The number of rotatable bonds is 5. The first-order valence-electron chi connectivity index (χ1n) is 6.23. The van der Waals surface area contributed by atoms with Crippen LogP contribution < -0.4 is 11.1 Å². The van der Waals surface area contributed by atoms with Gasteiger partial charge in [0.1, 0.15) is 0 Å². The molecule has 1 aromatic heterocycles. The highest BCUT2D eigenvalue weighted by Gasteiger charge is 2.46. The molecule has 1 heterocycles. The quantitative estimate of drug-likeness (QED) is 0.815. The number of amides is 1. The summed E-state index contributed by atoms with van der Waals surface area (Å²) in [6.45, 7) is 2.71. The van der Waals surface area contributed by atoms with Gasteiger partial charge in [-0.1, -0.05) is 25.6 Å². The Morgan fingerprint density at radius 1 is 1.61 bits per heavy atom. The third kappa shape index (κ3) is 2.29. The van der Waals surface area contributed by atoms with Crippen LogP contribution in [0.4, 0.5) is 0 Å². The number of hydrogen-bond acceptors (Lipinski definition) is 3. The van der Waals surface area contributed by atoms with Crippen molar-refractivity contribution < 1.29 is 4.79 Å². The first kappa shape index (κ1) is 13.5. The number of aryl methyl sites for hydroxylation is 1. The van der Waals surface area contributed by atoms with Crippen LogP contribution in [0.1, 0.15) is 36.6 Å². The van der Waals surface area contributed by atoms with Crippen molar-refractivity contribution in [3.05, 3.63) is 21.9 Å². The molecule has 18 heavy (non-hydrogen) atoms. The molecule has 1 aliphatic rings. The molecular formula is C13H18N2OS2. The second kappa shape index (κ2) is 5.36. The minimum absolute atomic E-state index is 0.00305. The largest absolute Gasteiger partial charge is 0.392 e. The molecule has 0 radical (unpaired) electrons. The standard InChI is InChI=1S/C13H18N2OS2/c1-2-9-4-7-18-10(9)8-15-12(16)13(11(14)17)5-3-6-13/h4,7H,2-3,5-6,8H2,1H3,(H2,14,17)(H,15,16). The van der Waals surface area contributed by atoms with Crippen LogP contribution >= 0.6 is 23.6 Å². The van der Waals surface area contributed by atoms with Crippen LogP contribution in [0.25, 0.3) is 0 Å². The SMILES string of the molecule is CCc1ccsc1CNC(=O)C1(C(N)=S)CCC1. The van der Waals surface area contributed by atoms with Crippen molar-refractivity contribution in [2.75, 3.05) is 0 Å². The van der Waals surface area contributed by atoms with Gasteiger partial charge in [0, 0.05) is 4.88 Å². The zero-order chi connectivity index (χ0) is 13.2. The number of carbonyl (C=O) groups excluding carboxylic acids is 1. The number of hydrogen-bond donors (Lipinski definition) is 2. The maximum Gasteiger partial charge on any atom is 0.233 e. The first-order valence-corrected chi connectivity index (χ1v) is 7.52. The summed E-state index contributed by atoms with van der Waals surface area (Å²) in [6, 6.07) is 2.11. The number of nitrogens with one attached hydrogen (secondary N) is 1. The van der Waals surface area contributed by atoms with E-state index >= 15 is 0 Å². The van der Waals surface area contributed by atoms with Crippen LogP contribution in [-0.2, 0) is 17.8 Å². The average molecular weight is 282 g/mol. The average Bonchev–Trinajstić information content (AvgIpc) is 2.71. The summed E-state index contributed by atoms with van der Waals surface area (Å²) >= 11 is 6.72. The lowest BCUT2D eigenvalue weighted by Crippen LogP contribution is -2.52. The third-order valence-corrected chi connectivity index (χ3v) is 5.10. The van der Waals surface area contributed by atoms with Crippen molar-refractivity contribution in [1.29, 1.82) is 0 Å². The van der Waals surface area contributed by atoms with E-state index in [-0.39, 0.29) is 5.91 Å². The molecule has 2 rings (SSSR count). The van der Waals surface area contributed by atoms with E-state index in [1.807, 2.05) is 0 Å². The molecule has 0 bridgehead atoms. The zero-order valence-electron chi connectivity index (χ0n) is 10.5. The highest BCUT2D eigenvalue weighted by molar-refractivity contribution is 7.80. The fraction of sp³-hybridized carbons (Fsp3) is 0.538. The predicted octanol–water partition coefficient (Wildman–Crippen LogP) is 2.38. The van der Waals surface area contributed by atoms with Crippen LogP contribution in [0.3, 0.4) is 0 Å². The van der Waals surface area contributed by atoms with Crippen molar-refractivity contribution in [2.45, 2.75) is 39.2 Å². The van der Waals surface area contributed by atoms with E-state index in [4.69, 9.17) is 18.0 Å². The van der Waals surface area contributed by atoms with Gasteiger partial charge in [-0.3, -0.25) is 4.79 Å². The van der Waals surface area contributed by atoms with Crippen LogP contribution in [0, 0.1) is 5.41 Å². The van der Waals surface area contributed by atoms with Gasteiger partial charge in [-0.05, 0) is 36.3 Å². The highest BCUT2D eigenvalue weighted by Crippen LogP contribution is 2.41. The van der Waals surface area contributed by atoms with Crippen molar-refractivity contribution in [2.24, 2.45) is 11.1 Å². The van der Waals surface area contributed by atoms with E-state index in [0.717, 1.165) is 25.7 Å². The normalized spacial score (nSPS) is 16.9. The molecule has 0 unspecified atom stereocenters. The molecule has 98 valence electrons. The van der Waals surface area contributed by atoms with Crippen molar-refractivity contribution >= 4 is 34.5 Å². The molecule has 1 aliphatic carbocycles. The summed E-state index contributed by atoms with van der Waals surface area (Å²) in [4.78, 5) is 13.8. The van der Waals surface area contributed by atoms with E-state index in [1.54, 1.807) is 11.3 Å². The molecular weight excluding hydrogens is 264 g/mol. The molecule has 0 atom stereocenters. The van der Waals surface area contributed by atoms with Crippen molar-refractivity contribution in [3.8, 4) is 0 Å². The second-order valence-electron chi connectivity index (χ2n) is 4.71. The fourth-order valence-corrected chi connectivity index (χ4v) is 3.50. The maximum absolute atomic E-state index is 12.2. The summed E-state index contributed by atoms with van der Waals surface area (Å²) in [5, 5.41) is 5.05. The molecule has 1 fully saturated rings. The Labute approximate surface area is 117 Å². The summed E-state index contributed by atoms with van der Waals surface area (Å²) in [5.41, 5.74) is 6.45. The van der Waals surface area contributed by atoms with E-state index in [0.29, 0.717) is 11.5 Å². The Kier molecular flexibility index (Phi) is 4.02. The Morgan fingerprint density at radius 2 is 2.33 bits per heavy atom. The van der Waals surface area contributed by atoms with Crippen LogP contribution in [0.15, 0.2) is 11.4 Å². The van der Waals surface area contributed by atoms with Gasteiger partial charge in [-0.2, -0.15) is 0 Å². The number of thiocarbonyl (C=S) groups is 1. The lowest BCUT2D eigenvalue weighted by Gasteiger charge is -2.39. The minimum atomic E-state index is -0.570. The summed E-state index contributed by atoms with van der Waals surface area (Å²) in [5.74, 6) is -0.00305. The van der Waals surface area contributed by atoms with Gasteiger partial charge in [-0.25, -0.2) is 0 Å². The number of thiophene rings is 1. The van der Waals surface area contributed by atoms with Crippen LogP contribution in [0.5, 0.6) is 0 Å². The zero-order valence-corrected chi connectivity index (χ0v) is 12.1. The number of nitrogens with two attached hydrogens (primary N) is 1. The van der Waals surface area contributed by atoms with E-state index in [9.17, 15) is 4.79 Å². The molecule has 0 saturated heterocycles. The Bertz CT molecular complexity index is 463. The Morgan fingerprint density at radius 3 is 2.83 bits per heavy atom. The highest BCUT2D eigenvalue weighted by atomic mass is 32.1. The van der Waals surface area contributed by atoms with Crippen LogP contribution in [-0.4, -0.2) is 10.9 Å². The smallest absolute Gasteiger partial charge is 0.233 e. The Hall–Kier alpha value is -0.940.